The third kappa shape index (κ3) is 5.07. The molecule has 3 rings (SSSR count). The van der Waals surface area contributed by atoms with Crippen molar-refractivity contribution in [3.63, 3.8) is 0 Å². The molecule has 1 heterocycles. The molecule has 1 aliphatic heterocycles. The molecule has 0 atom stereocenters. The van der Waals surface area contributed by atoms with E-state index in [1.165, 1.54) is 0 Å². The van der Waals surface area contributed by atoms with Crippen LogP contribution < -0.4 is 14.9 Å². The number of anilines is 1. The zero-order valence-electron chi connectivity index (χ0n) is 15.0. The number of nitrogens with zero attached hydrogens (tertiary/aromatic N) is 1. The third-order valence-electron chi connectivity index (χ3n) is 4.11. The molecule has 1 fully saturated rings. The van der Waals surface area contributed by atoms with Crippen LogP contribution in [0.2, 0.25) is 0 Å². The van der Waals surface area contributed by atoms with Crippen molar-refractivity contribution < 1.29 is 26.4 Å². The van der Waals surface area contributed by atoms with Crippen LogP contribution in [0.15, 0.2) is 53.4 Å². The minimum atomic E-state index is -4.53. The average Bonchev–Trinajstić information content (AvgIpc) is 3.11. The number of hydrogen-bond acceptors (Lipinski definition) is 3. The Bertz CT molecular complexity index is 1050. The van der Waals surface area contributed by atoms with Gasteiger partial charge in [0.2, 0.25) is 10.0 Å². The van der Waals surface area contributed by atoms with Gasteiger partial charge in [-0.05, 0) is 48.5 Å². The first-order chi connectivity index (χ1) is 13.7. The maximum atomic E-state index is 12.6. The second kappa shape index (κ2) is 8.14. The van der Waals surface area contributed by atoms with E-state index in [1.807, 2.05) is 0 Å². The van der Waals surface area contributed by atoms with Crippen LogP contribution in [-0.4, -0.2) is 34.1 Å². The Kier molecular flexibility index (Phi) is 5.81. The van der Waals surface area contributed by atoms with Gasteiger partial charge < -0.3 is 5.32 Å². The van der Waals surface area contributed by atoms with Crippen molar-refractivity contribution in [2.45, 2.75) is 11.1 Å². The molecule has 0 unspecified atom stereocenters. The minimum Gasteiger partial charge on any atom is -0.336 e. The number of benzene rings is 2. The van der Waals surface area contributed by atoms with Crippen molar-refractivity contribution in [1.29, 1.82) is 0 Å². The fraction of sp³-hybridized carbons (Fsp3) is 0.211. The molecule has 0 aromatic heterocycles. The standard InChI is InChI=1S/C19H16F3N3O3S/c20-19(21,22)15-5-9-17(10-6-15)29(27,28)24-11-1-2-14-3-7-16(8-4-14)25-13-12-23-18(25)26/h3-10,24H,11-13H2,(H,23,26). The smallest absolute Gasteiger partial charge is 0.336 e. The Hall–Kier alpha value is -3.03. The lowest BCUT2D eigenvalue weighted by Gasteiger charge is -2.13. The lowest BCUT2D eigenvalue weighted by atomic mass is 10.2. The van der Waals surface area contributed by atoms with E-state index in [1.54, 1.807) is 29.2 Å². The van der Waals surface area contributed by atoms with E-state index >= 15 is 0 Å². The predicted molar refractivity (Wildman–Crippen MR) is 101 cm³/mol. The Morgan fingerprint density at radius 2 is 1.72 bits per heavy atom. The van der Waals surface area contributed by atoms with Crippen molar-refractivity contribution >= 4 is 21.7 Å². The van der Waals surface area contributed by atoms with Crippen LogP contribution in [0.1, 0.15) is 11.1 Å². The maximum absolute atomic E-state index is 12.6. The van der Waals surface area contributed by atoms with Gasteiger partial charge >= 0.3 is 12.2 Å². The molecular formula is C19H16F3N3O3S. The summed E-state index contributed by atoms with van der Waals surface area (Å²) in [5.74, 6) is 5.43. The van der Waals surface area contributed by atoms with Crippen molar-refractivity contribution in [3.05, 3.63) is 59.7 Å². The van der Waals surface area contributed by atoms with Gasteiger partial charge in [0.05, 0.1) is 17.0 Å². The molecule has 2 N–H and O–H groups in total. The summed E-state index contributed by atoms with van der Waals surface area (Å²) in [6, 6.07) is 9.93. The third-order valence-corrected chi connectivity index (χ3v) is 5.53. The van der Waals surface area contributed by atoms with Crippen LogP contribution >= 0.6 is 0 Å². The van der Waals surface area contributed by atoms with Gasteiger partial charge in [-0.25, -0.2) is 13.2 Å². The van der Waals surface area contributed by atoms with Crippen molar-refractivity contribution in [2.24, 2.45) is 0 Å². The molecule has 2 aromatic rings. The molecule has 0 saturated carbocycles. The fourth-order valence-corrected chi connectivity index (χ4v) is 3.55. The van der Waals surface area contributed by atoms with Crippen LogP contribution in [0, 0.1) is 11.8 Å². The molecular weight excluding hydrogens is 407 g/mol. The fourth-order valence-electron chi connectivity index (χ4n) is 2.63. The molecule has 10 heteroatoms. The van der Waals surface area contributed by atoms with Gasteiger partial charge in [-0.1, -0.05) is 11.8 Å². The molecule has 0 aliphatic carbocycles. The van der Waals surface area contributed by atoms with Crippen molar-refractivity contribution in [2.75, 3.05) is 24.5 Å². The molecule has 1 saturated heterocycles. The average molecular weight is 423 g/mol. The highest BCUT2D eigenvalue weighted by atomic mass is 32.2. The molecule has 0 bridgehead atoms. The van der Waals surface area contributed by atoms with Gasteiger partial charge in [-0.3, -0.25) is 4.90 Å². The summed E-state index contributed by atoms with van der Waals surface area (Å²) in [7, 11) is -3.97. The molecule has 2 amide bonds. The number of carbonyl (C=O) groups is 1. The zero-order valence-corrected chi connectivity index (χ0v) is 15.8. The Morgan fingerprint density at radius 1 is 1.07 bits per heavy atom. The van der Waals surface area contributed by atoms with Gasteiger partial charge in [0, 0.05) is 24.3 Å². The highest BCUT2D eigenvalue weighted by Gasteiger charge is 2.30. The van der Waals surface area contributed by atoms with Gasteiger partial charge in [-0.15, -0.1) is 0 Å². The van der Waals surface area contributed by atoms with Crippen LogP contribution in [0.5, 0.6) is 0 Å². The van der Waals surface area contributed by atoms with Gasteiger partial charge in [0.25, 0.3) is 0 Å². The monoisotopic (exact) mass is 423 g/mol. The molecule has 0 radical (unpaired) electrons. The molecule has 2 aromatic carbocycles. The topological polar surface area (TPSA) is 78.5 Å². The SMILES string of the molecule is O=C1NCCN1c1ccc(C#CCNS(=O)(=O)c2ccc(C(F)(F)F)cc2)cc1. The van der Waals surface area contributed by atoms with Crippen LogP contribution in [0.3, 0.4) is 0 Å². The van der Waals surface area contributed by atoms with Crippen molar-refractivity contribution in [1.82, 2.24) is 10.0 Å². The summed E-state index contributed by atoms with van der Waals surface area (Å²) in [4.78, 5) is 12.9. The van der Waals surface area contributed by atoms with E-state index in [0.29, 0.717) is 30.8 Å². The van der Waals surface area contributed by atoms with E-state index in [0.717, 1.165) is 17.8 Å². The zero-order chi connectivity index (χ0) is 21.1. The molecule has 1 aliphatic rings. The molecule has 0 spiro atoms. The summed E-state index contributed by atoms with van der Waals surface area (Å²) in [6.45, 7) is 0.953. The lowest BCUT2D eigenvalue weighted by molar-refractivity contribution is -0.137. The Balaban J connectivity index is 1.59. The van der Waals surface area contributed by atoms with Gasteiger partial charge in [0.15, 0.2) is 0 Å². The largest absolute Gasteiger partial charge is 0.416 e. The first kappa shape index (κ1) is 20.7. The van der Waals surface area contributed by atoms with Gasteiger partial charge in [0.1, 0.15) is 0 Å². The second-order valence-electron chi connectivity index (χ2n) is 6.08. The van der Waals surface area contributed by atoms with Crippen molar-refractivity contribution in [3.8, 4) is 11.8 Å². The lowest BCUT2D eigenvalue weighted by Crippen LogP contribution is -2.27. The predicted octanol–water partition coefficient (Wildman–Crippen LogP) is 2.57. The van der Waals surface area contributed by atoms with Crippen LogP contribution in [-0.2, 0) is 16.2 Å². The quantitative estimate of drug-likeness (QED) is 0.742. The summed E-state index contributed by atoms with van der Waals surface area (Å²) >= 11 is 0. The first-order valence-corrected chi connectivity index (χ1v) is 9.96. The van der Waals surface area contributed by atoms with E-state index in [9.17, 15) is 26.4 Å². The van der Waals surface area contributed by atoms with E-state index in [2.05, 4.69) is 21.9 Å². The summed E-state index contributed by atoms with van der Waals surface area (Å²) < 4.78 is 64.1. The number of hydrogen-bond donors (Lipinski definition) is 2. The number of halogens is 3. The number of alkyl halides is 3. The van der Waals surface area contributed by atoms with Gasteiger partial charge in [-0.2, -0.15) is 17.9 Å². The van der Waals surface area contributed by atoms with Crippen LogP contribution in [0.25, 0.3) is 0 Å². The summed E-state index contributed by atoms with van der Waals surface area (Å²) in [5, 5.41) is 2.70. The normalized spacial score (nSPS) is 14.3. The second-order valence-corrected chi connectivity index (χ2v) is 7.85. The highest BCUT2D eigenvalue weighted by molar-refractivity contribution is 7.89. The summed E-state index contributed by atoms with van der Waals surface area (Å²) in [6.07, 6.45) is -4.53. The molecule has 29 heavy (non-hydrogen) atoms. The van der Waals surface area contributed by atoms with E-state index in [4.69, 9.17) is 0 Å². The van der Waals surface area contributed by atoms with E-state index < -0.39 is 21.8 Å². The number of nitrogens with one attached hydrogen (secondary N) is 2. The number of carbonyl (C=O) groups excluding carboxylic acids is 1. The Labute approximate surface area is 165 Å². The maximum Gasteiger partial charge on any atom is 0.416 e. The minimum absolute atomic E-state index is 0.165. The van der Waals surface area contributed by atoms with E-state index in [-0.39, 0.29) is 17.5 Å². The number of urea groups is 1. The Morgan fingerprint density at radius 3 is 2.28 bits per heavy atom. The van der Waals surface area contributed by atoms with Crippen LogP contribution in [0.4, 0.5) is 23.7 Å². The number of rotatable bonds is 4. The first-order valence-electron chi connectivity index (χ1n) is 8.48. The number of sulfonamides is 1. The molecule has 6 nitrogen and oxygen atoms in total. The highest BCUT2D eigenvalue weighted by Crippen LogP contribution is 2.29. The summed E-state index contributed by atoms with van der Waals surface area (Å²) in [5.41, 5.74) is 0.432. The number of amides is 2. The molecule has 152 valence electrons.